The standard InChI is InChI=1S/C17H24N4/c1-19(2)17-16-6-4-10-21(16)12-14(18-17)15-5-3-9-20(15)11-13-7-8-13/h4,6,10,12-13,15H,3,5,7-9,11H2,1-2H3. The minimum atomic E-state index is 0.510. The monoisotopic (exact) mass is 284 g/mol. The lowest BCUT2D eigenvalue weighted by atomic mass is 10.1. The Morgan fingerprint density at radius 2 is 2.14 bits per heavy atom. The second kappa shape index (κ2) is 5.02. The molecule has 21 heavy (non-hydrogen) atoms. The molecule has 4 heteroatoms. The van der Waals surface area contributed by atoms with Gasteiger partial charge in [0.05, 0.1) is 17.3 Å². The molecule has 1 aliphatic heterocycles. The summed E-state index contributed by atoms with van der Waals surface area (Å²) in [4.78, 5) is 9.78. The zero-order chi connectivity index (χ0) is 14.4. The van der Waals surface area contributed by atoms with E-state index in [1.165, 1.54) is 50.0 Å². The summed E-state index contributed by atoms with van der Waals surface area (Å²) in [7, 11) is 4.16. The first-order valence-electron chi connectivity index (χ1n) is 8.11. The lowest BCUT2D eigenvalue weighted by molar-refractivity contribution is 0.242. The Labute approximate surface area is 126 Å². The van der Waals surface area contributed by atoms with Crippen molar-refractivity contribution < 1.29 is 0 Å². The number of likely N-dealkylation sites (tertiary alicyclic amines) is 1. The lowest BCUT2D eigenvalue weighted by Crippen LogP contribution is -2.27. The van der Waals surface area contributed by atoms with Gasteiger partial charge in [-0.25, -0.2) is 4.98 Å². The predicted molar refractivity (Wildman–Crippen MR) is 85.8 cm³/mol. The molecule has 1 unspecified atom stereocenters. The van der Waals surface area contributed by atoms with E-state index in [-0.39, 0.29) is 0 Å². The molecule has 4 nitrogen and oxygen atoms in total. The molecule has 0 spiro atoms. The lowest BCUT2D eigenvalue weighted by Gasteiger charge is -2.25. The molecule has 0 aromatic carbocycles. The smallest absolute Gasteiger partial charge is 0.152 e. The van der Waals surface area contributed by atoms with Gasteiger partial charge in [-0.2, -0.15) is 0 Å². The van der Waals surface area contributed by atoms with Crippen LogP contribution in [0.5, 0.6) is 0 Å². The number of hydrogen-bond acceptors (Lipinski definition) is 3. The van der Waals surface area contributed by atoms with Crippen LogP contribution in [0.2, 0.25) is 0 Å². The van der Waals surface area contributed by atoms with Gasteiger partial charge in [-0.05, 0) is 50.3 Å². The summed E-state index contributed by atoms with van der Waals surface area (Å²) in [6, 6.07) is 4.75. The van der Waals surface area contributed by atoms with Crippen LogP contribution in [-0.2, 0) is 0 Å². The van der Waals surface area contributed by atoms with Crippen LogP contribution in [-0.4, -0.2) is 41.5 Å². The molecule has 0 radical (unpaired) electrons. The van der Waals surface area contributed by atoms with Gasteiger partial charge in [-0.1, -0.05) is 0 Å². The van der Waals surface area contributed by atoms with E-state index >= 15 is 0 Å². The SMILES string of the molecule is CN(C)c1nc(C2CCCN2CC2CC2)cn2cccc12. The van der Waals surface area contributed by atoms with Gasteiger partial charge in [0.2, 0.25) is 0 Å². The van der Waals surface area contributed by atoms with Crippen molar-refractivity contribution >= 4 is 11.3 Å². The minimum absolute atomic E-state index is 0.510. The number of nitrogens with zero attached hydrogens (tertiary/aromatic N) is 4. The largest absolute Gasteiger partial charge is 0.361 e. The predicted octanol–water partition coefficient (Wildman–Crippen LogP) is 2.95. The summed E-state index contributed by atoms with van der Waals surface area (Å²) in [6.45, 7) is 2.51. The number of fused-ring (bicyclic) bond motifs is 1. The molecular formula is C17H24N4. The second-order valence-corrected chi connectivity index (χ2v) is 6.78. The van der Waals surface area contributed by atoms with E-state index in [1.54, 1.807) is 0 Å². The van der Waals surface area contributed by atoms with E-state index in [4.69, 9.17) is 4.98 Å². The van der Waals surface area contributed by atoms with Crippen LogP contribution in [0.3, 0.4) is 0 Å². The zero-order valence-corrected chi connectivity index (χ0v) is 13.0. The van der Waals surface area contributed by atoms with Crippen LogP contribution in [0.4, 0.5) is 5.82 Å². The third kappa shape index (κ3) is 2.42. The van der Waals surface area contributed by atoms with Crippen LogP contribution in [0.1, 0.15) is 37.4 Å². The molecule has 4 rings (SSSR count). The molecule has 0 bridgehead atoms. The van der Waals surface area contributed by atoms with Crippen molar-refractivity contribution in [3.05, 3.63) is 30.2 Å². The van der Waals surface area contributed by atoms with Crippen LogP contribution in [0.25, 0.3) is 5.52 Å². The molecule has 3 heterocycles. The van der Waals surface area contributed by atoms with E-state index in [0.717, 1.165) is 11.7 Å². The van der Waals surface area contributed by atoms with Crippen molar-refractivity contribution in [2.24, 2.45) is 5.92 Å². The summed E-state index contributed by atoms with van der Waals surface area (Å²) < 4.78 is 2.23. The molecule has 2 aliphatic rings. The zero-order valence-electron chi connectivity index (χ0n) is 13.0. The molecular weight excluding hydrogens is 260 g/mol. The molecule has 0 N–H and O–H groups in total. The Balaban J connectivity index is 1.71. The third-order valence-electron chi connectivity index (χ3n) is 4.83. The highest BCUT2D eigenvalue weighted by atomic mass is 15.2. The molecule has 1 aliphatic carbocycles. The second-order valence-electron chi connectivity index (χ2n) is 6.78. The molecule has 1 saturated carbocycles. The quantitative estimate of drug-likeness (QED) is 0.862. The van der Waals surface area contributed by atoms with E-state index in [9.17, 15) is 0 Å². The van der Waals surface area contributed by atoms with Crippen molar-refractivity contribution in [2.45, 2.75) is 31.7 Å². The number of aromatic nitrogens is 2. The number of anilines is 1. The Morgan fingerprint density at radius 3 is 2.90 bits per heavy atom. The third-order valence-corrected chi connectivity index (χ3v) is 4.83. The van der Waals surface area contributed by atoms with Gasteiger partial charge in [0.1, 0.15) is 0 Å². The van der Waals surface area contributed by atoms with Gasteiger partial charge in [-0.3, -0.25) is 4.90 Å². The van der Waals surface area contributed by atoms with Gasteiger partial charge in [0.15, 0.2) is 5.82 Å². The summed E-state index contributed by atoms with van der Waals surface area (Å²) in [5.41, 5.74) is 2.43. The average molecular weight is 284 g/mol. The van der Waals surface area contributed by atoms with Gasteiger partial charge in [0, 0.05) is 33.0 Å². The molecule has 2 aromatic rings. The highest BCUT2D eigenvalue weighted by Gasteiger charge is 2.33. The maximum atomic E-state index is 5.00. The Hall–Kier alpha value is -1.55. The minimum Gasteiger partial charge on any atom is -0.361 e. The van der Waals surface area contributed by atoms with Gasteiger partial charge < -0.3 is 9.30 Å². The van der Waals surface area contributed by atoms with Crippen molar-refractivity contribution in [3.63, 3.8) is 0 Å². The molecule has 1 atom stereocenters. The van der Waals surface area contributed by atoms with E-state index in [0.29, 0.717) is 6.04 Å². The van der Waals surface area contributed by atoms with Crippen LogP contribution < -0.4 is 4.90 Å². The van der Waals surface area contributed by atoms with Crippen molar-refractivity contribution in [2.75, 3.05) is 32.1 Å². The molecule has 2 fully saturated rings. The fourth-order valence-corrected chi connectivity index (χ4v) is 3.55. The fourth-order valence-electron chi connectivity index (χ4n) is 3.55. The number of hydrogen-bond donors (Lipinski definition) is 0. The Bertz CT molecular complexity index is 641. The average Bonchev–Trinajstić information content (AvgIpc) is 2.97. The normalized spacial score (nSPS) is 23.0. The maximum Gasteiger partial charge on any atom is 0.152 e. The van der Waals surface area contributed by atoms with Crippen LogP contribution in [0, 0.1) is 5.92 Å². The van der Waals surface area contributed by atoms with E-state index < -0.39 is 0 Å². The first kappa shape index (κ1) is 13.1. The van der Waals surface area contributed by atoms with Gasteiger partial charge in [-0.15, -0.1) is 0 Å². The first-order valence-corrected chi connectivity index (χ1v) is 8.11. The van der Waals surface area contributed by atoms with Crippen molar-refractivity contribution in [1.82, 2.24) is 14.3 Å². The summed E-state index contributed by atoms with van der Waals surface area (Å²) in [5.74, 6) is 2.03. The highest BCUT2D eigenvalue weighted by molar-refractivity contribution is 5.69. The maximum absolute atomic E-state index is 5.00. The van der Waals surface area contributed by atoms with E-state index in [2.05, 4.69) is 52.8 Å². The molecule has 112 valence electrons. The Kier molecular flexibility index (Phi) is 3.14. The van der Waals surface area contributed by atoms with Crippen molar-refractivity contribution in [1.29, 1.82) is 0 Å². The summed E-state index contributed by atoms with van der Waals surface area (Å²) in [6.07, 6.45) is 9.78. The van der Waals surface area contributed by atoms with E-state index in [1.807, 2.05) is 0 Å². The molecule has 1 saturated heterocycles. The van der Waals surface area contributed by atoms with Gasteiger partial charge in [0.25, 0.3) is 0 Å². The fraction of sp³-hybridized carbons (Fsp3) is 0.588. The van der Waals surface area contributed by atoms with Gasteiger partial charge >= 0.3 is 0 Å². The molecule has 0 amide bonds. The summed E-state index contributed by atoms with van der Waals surface area (Å²) in [5, 5.41) is 0. The molecule has 2 aromatic heterocycles. The Morgan fingerprint density at radius 1 is 1.29 bits per heavy atom. The first-order chi connectivity index (χ1) is 10.2. The number of rotatable bonds is 4. The van der Waals surface area contributed by atoms with Crippen molar-refractivity contribution in [3.8, 4) is 0 Å². The van der Waals surface area contributed by atoms with Crippen LogP contribution in [0.15, 0.2) is 24.5 Å². The summed E-state index contributed by atoms with van der Waals surface area (Å²) >= 11 is 0. The van der Waals surface area contributed by atoms with Crippen LogP contribution >= 0.6 is 0 Å². The topological polar surface area (TPSA) is 23.8 Å². The highest BCUT2D eigenvalue weighted by Crippen LogP contribution is 2.37.